The van der Waals surface area contributed by atoms with Crippen molar-refractivity contribution < 1.29 is 0 Å². The van der Waals surface area contributed by atoms with Crippen LogP contribution >= 0.6 is 16.1 Å². The maximum absolute atomic E-state index is 4.05. The summed E-state index contributed by atoms with van der Waals surface area (Å²) in [6.45, 7) is 2.93. The van der Waals surface area contributed by atoms with Gasteiger partial charge < -0.3 is 0 Å². The van der Waals surface area contributed by atoms with Crippen LogP contribution in [0.25, 0.3) is 0 Å². The van der Waals surface area contributed by atoms with Crippen LogP contribution in [0.15, 0.2) is 5.10 Å². The molecule has 0 aliphatic carbocycles. The summed E-state index contributed by atoms with van der Waals surface area (Å²) in [5, 5.41) is 4.05. The molecule has 0 atom stereocenters. The van der Waals surface area contributed by atoms with Crippen molar-refractivity contribution in [1.29, 1.82) is 0 Å². The number of hydrogen-bond donors (Lipinski definition) is 1. The molecule has 9 heavy (non-hydrogen) atoms. The molecule has 0 fully saturated rings. The molecule has 4 heteroatoms. The first-order chi connectivity index (χ1) is 4.34. The van der Waals surface area contributed by atoms with Gasteiger partial charge in [0.2, 0.25) is 0 Å². The van der Waals surface area contributed by atoms with Gasteiger partial charge in [0.25, 0.3) is 0 Å². The molecular formula is C5H10BrN3. The molecule has 0 aromatic rings. The van der Waals surface area contributed by atoms with E-state index in [1.54, 1.807) is 0 Å². The lowest BCUT2D eigenvalue weighted by Crippen LogP contribution is -2.17. The zero-order valence-electron chi connectivity index (χ0n) is 5.39. The molecule has 0 aromatic carbocycles. The third-order valence-corrected chi connectivity index (χ3v) is 1.83. The summed E-state index contributed by atoms with van der Waals surface area (Å²) in [6, 6.07) is 0. The van der Waals surface area contributed by atoms with Crippen LogP contribution in [0, 0.1) is 0 Å². The number of halogens is 1. The second-order valence-corrected chi connectivity index (χ2v) is 2.81. The Morgan fingerprint density at radius 2 is 2.67 bits per heavy atom. The van der Waals surface area contributed by atoms with Crippen LogP contribution in [-0.4, -0.2) is 16.4 Å². The van der Waals surface area contributed by atoms with E-state index in [0.717, 1.165) is 25.3 Å². The van der Waals surface area contributed by atoms with Crippen LogP contribution in [0.3, 0.4) is 0 Å². The molecule has 52 valence electrons. The van der Waals surface area contributed by atoms with E-state index in [0.29, 0.717) is 0 Å². The first-order valence-electron chi connectivity index (χ1n) is 3.07. The van der Waals surface area contributed by atoms with Gasteiger partial charge in [-0.25, -0.2) is 0 Å². The number of nitrogens with one attached hydrogen (secondary N) is 1. The monoisotopic (exact) mass is 191 g/mol. The van der Waals surface area contributed by atoms with Gasteiger partial charge in [0.15, 0.2) is 0 Å². The Morgan fingerprint density at radius 1 is 1.89 bits per heavy atom. The van der Waals surface area contributed by atoms with Crippen LogP contribution in [0.1, 0.15) is 19.8 Å². The highest BCUT2D eigenvalue weighted by molar-refractivity contribution is 9.07. The highest BCUT2D eigenvalue weighted by atomic mass is 79.9. The molecule has 3 nitrogen and oxygen atoms in total. The second-order valence-electron chi connectivity index (χ2n) is 1.96. The molecule has 0 saturated heterocycles. The molecule has 1 aliphatic heterocycles. The summed E-state index contributed by atoms with van der Waals surface area (Å²) in [6.07, 6.45) is 2.18. The summed E-state index contributed by atoms with van der Waals surface area (Å²) in [5.41, 5.74) is 2.87. The molecule has 0 bridgehead atoms. The molecule has 0 aromatic heterocycles. The van der Waals surface area contributed by atoms with Gasteiger partial charge in [0, 0.05) is 6.42 Å². The second kappa shape index (κ2) is 3.06. The van der Waals surface area contributed by atoms with Crippen molar-refractivity contribution >= 4 is 22.0 Å². The van der Waals surface area contributed by atoms with E-state index in [1.807, 2.05) is 3.93 Å². The smallest absolute Gasteiger partial charge is 0.136 e. The minimum atomic E-state index is 0.787. The number of nitrogens with zero attached hydrogens (tertiary/aromatic N) is 2. The van der Waals surface area contributed by atoms with Gasteiger partial charge in [-0.2, -0.15) is 5.10 Å². The lowest BCUT2D eigenvalue weighted by atomic mass is 10.3. The lowest BCUT2D eigenvalue weighted by Gasteiger charge is -2.06. The lowest BCUT2D eigenvalue weighted by molar-refractivity contribution is 0.649. The fourth-order valence-electron chi connectivity index (χ4n) is 0.735. The Balaban J connectivity index is 2.38. The summed E-state index contributed by atoms with van der Waals surface area (Å²) >= 11 is 3.35. The Hall–Kier alpha value is -0.250. The molecule has 0 saturated carbocycles. The number of hydrazone groups is 1. The third kappa shape index (κ3) is 1.58. The van der Waals surface area contributed by atoms with Crippen LogP contribution in [-0.2, 0) is 0 Å². The van der Waals surface area contributed by atoms with Gasteiger partial charge in [-0.15, -0.1) is 0 Å². The van der Waals surface area contributed by atoms with E-state index in [-0.39, 0.29) is 0 Å². The SMILES string of the molecule is CCCC1=NNCN1Br. The van der Waals surface area contributed by atoms with Crippen molar-refractivity contribution in [2.45, 2.75) is 19.8 Å². The topological polar surface area (TPSA) is 27.6 Å². The first kappa shape index (κ1) is 6.86. The van der Waals surface area contributed by atoms with Crippen molar-refractivity contribution in [2.75, 3.05) is 6.67 Å². The van der Waals surface area contributed by atoms with E-state index in [2.05, 4.69) is 33.6 Å². The van der Waals surface area contributed by atoms with Crippen LogP contribution < -0.4 is 5.43 Å². The zero-order valence-corrected chi connectivity index (χ0v) is 6.98. The summed E-state index contributed by atoms with van der Waals surface area (Å²) in [5.74, 6) is 1.09. The number of amidine groups is 1. The van der Waals surface area contributed by atoms with Gasteiger partial charge in [-0.05, 0) is 6.42 Å². The Morgan fingerprint density at radius 3 is 3.11 bits per heavy atom. The molecule has 1 N–H and O–H groups in total. The van der Waals surface area contributed by atoms with Crippen molar-refractivity contribution in [1.82, 2.24) is 9.35 Å². The molecule has 0 unspecified atom stereocenters. The standard InChI is InChI=1S/C5H10BrN3/c1-2-3-5-8-7-4-9(5)6/h7H,2-4H2,1H3. The predicted octanol–water partition coefficient (Wildman–Crippen LogP) is 1.27. The molecule has 1 rings (SSSR count). The number of hydrogen-bond acceptors (Lipinski definition) is 3. The van der Waals surface area contributed by atoms with E-state index in [1.165, 1.54) is 0 Å². The van der Waals surface area contributed by atoms with Crippen LogP contribution in [0.2, 0.25) is 0 Å². The maximum atomic E-state index is 4.05. The molecule has 0 amide bonds. The quantitative estimate of drug-likeness (QED) is 0.667. The minimum Gasteiger partial charge on any atom is -0.288 e. The normalized spacial score (nSPS) is 17.6. The Labute approximate surface area is 63.4 Å². The van der Waals surface area contributed by atoms with Crippen LogP contribution in [0.4, 0.5) is 0 Å². The van der Waals surface area contributed by atoms with E-state index in [9.17, 15) is 0 Å². The van der Waals surface area contributed by atoms with Gasteiger partial charge in [-0.3, -0.25) is 9.35 Å². The number of rotatable bonds is 2. The van der Waals surface area contributed by atoms with E-state index >= 15 is 0 Å². The molecule has 1 aliphatic rings. The summed E-state index contributed by atoms with van der Waals surface area (Å²) in [7, 11) is 0. The van der Waals surface area contributed by atoms with Crippen LogP contribution in [0.5, 0.6) is 0 Å². The van der Waals surface area contributed by atoms with Gasteiger partial charge >= 0.3 is 0 Å². The molecular weight excluding hydrogens is 182 g/mol. The van der Waals surface area contributed by atoms with Gasteiger partial charge in [0.1, 0.15) is 12.5 Å². The Kier molecular flexibility index (Phi) is 2.33. The largest absolute Gasteiger partial charge is 0.288 e. The first-order valence-corrected chi connectivity index (χ1v) is 3.78. The molecule has 0 spiro atoms. The highest BCUT2D eigenvalue weighted by Gasteiger charge is 2.11. The van der Waals surface area contributed by atoms with Crippen molar-refractivity contribution in [3.8, 4) is 0 Å². The van der Waals surface area contributed by atoms with Crippen molar-refractivity contribution in [3.05, 3.63) is 0 Å². The average molecular weight is 192 g/mol. The fourth-order valence-corrected chi connectivity index (χ4v) is 1.10. The van der Waals surface area contributed by atoms with E-state index in [4.69, 9.17) is 0 Å². The molecule has 0 radical (unpaired) electrons. The maximum Gasteiger partial charge on any atom is 0.136 e. The predicted molar refractivity (Wildman–Crippen MR) is 41.1 cm³/mol. The van der Waals surface area contributed by atoms with Crippen molar-refractivity contribution in [3.63, 3.8) is 0 Å². The summed E-state index contributed by atoms with van der Waals surface area (Å²) in [4.78, 5) is 0. The van der Waals surface area contributed by atoms with E-state index < -0.39 is 0 Å². The average Bonchev–Trinajstić information content (AvgIpc) is 2.18. The third-order valence-electron chi connectivity index (χ3n) is 1.17. The van der Waals surface area contributed by atoms with Gasteiger partial charge in [-0.1, -0.05) is 6.92 Å². The fraction of sp³-hybridized carbons (Fsp3) is 0.800. The van der Waals surface area contributed by atoms with Crippen molar-refractivity contribution in [2.24, 2.45) is 5.10 Å². The summed E-state index contributed by atoms with van der Waals surface area (Å²) < 4.78 is 1.94. The highest BCUT2D eigenvalue weighted by Crippen LogP contribution is 2.07. The van der Waals surface area contributed by atoms with Gasteiger partial charge in [0.05, 0.1) is 16.1 Å². The molecule has 1 heterocycles. The zero-order chi connectivity index (χ0) is 6.69. The minimum absolute atomic E-state index is 0.787. The Bertz CT molecular complexity index is 123.